The van der Waals surface area contributed by atoms with Crippen LogP contribution in [-0.4, -0.2) is 0 Å². The Morgan fingerprint density at radius 1 is 0.760 bits per heavy atom. The molecule has 0 aromatic heterocycles. The molecule has 3 rings (SSSR count). The van der Waals surface area contributed by atoms with Gasteiger partial charge in [-0.05, 0) is 23.3 Å². The van der Waals surface area contributed by atoms with Crippen molar-refractivity contribution in [3.05, 3.63) is 95.6 Å². The van der Waals surface area contributed by atoms with Crippen LogP contribution in [0.5, 0.6) is 5.75 Å². The van der Waals surface area contributed by atoms with Gasteiger partial charge in [-0.25, -0.2) is 14.2 Å². The van der Waals surface area contributed by atoms with Crippen LogP contribution in [0.2, 0.25) is 0 Å². The number of hydrogen-bond acceptors (Lipinski definition) is 3. The molecule has 0 bridgehead atoms. The molecule has 0 spiro atoms. The Bertz CT molecular complexity index is 805. The topological polar surface area (TPSA) is 33.3 Å². The maximum absolute atomic E-state index is 13.2. The van der Waals surface area contributed by atoms with Crippen LogP contribution in [0.25, 0.3) is 0 Å². The van der Waals surface area contributed by atoms with E-state index in [-0.39, 0.29) is 12.4 Å². The van der Waals surface area contributed by atoms with E-state index in [1.54, 1.807) is 0 Å². The summed E-state index contributed by atoms with van der Waals surface area (Å²) in [6.45, 7) is 0.861. The van der Waals surface area contributed by atoms with Gasteiger partial charge in [0.1, 0.15) is 24.0 Å². The predicted molar refractivity (Wildman–Crippen MR) is 94.0 cm³/mol. The highest BCUT2D eigenvalue weighted by Crippen LogP contribution is 2.17. The fourth-order valence-corrected chi connectivity index (χ4v) is 2.38. The van der Waals surface area contributed by atoms with E-state index in [0.717, 1.165) is 35.0 Å². The second-order valence-corrected chi connectivity index (χ2v) is 5.56. The second kappa shape index (κ2) is 8.26. The highest BCUT2D eigenvalue weighted by Gasteiger charge is 2.03. The lowest BCUT2D eigenvalue weighted by Gasteiger charge is -2.10. The number of benzene rings is 3. The molecule has 3 aromatic carbocycles. The molecule has 128 valence electrons. The summed E-state index contributed by atoms with van der Waals surface area (Å²) in [4.78, 5) is 0. The summed E-state index contributed by atoms with van der Waals surface area (Å²) in [7, 11) is 0. The number of halogens is 2. The van der Waals surface area contributed by atoms with Crippen LogP contribution < -0.4 is 15.6 Å². The minimum Gasteiger partial charge on any atom is -0.489 e. The Balaban J connectivity index is 1.54. The quantitative estimate of drug-likeness (QED) is 0.614. The normalized spacial score (nSPS) is 10.5. The van der Waals surface area contributed by atoms with Crippen LogP contribution >= 0.6 is 0 Å². The van der Waals surface area contributed by atoms with Crippen LogP contribution in [0.1, 0.15) is 11.1 Å². The maximum Gasteiger partial charge on any atom is 0.129 e. The molecule has 0 atom stereocenters. The van der Waals surface area contributed by atoms with E-state index in [1.165, 1.54) is 0 Å². The summed E-state index contributed by atoms with van der Waals surface area (Å²) >= 11 is 0. The highest BCUT2D eigenvalue weighted by atomic mass is 19.1. The summed E-state index contributed by atoms with van der Waals surface area (Å²) < 4.78 is 31.8. The first-order chi connectivity index (χ1) is 12.2. The van der Waals surface area contributed by atoms with Crippen molar-refractivity contribution in [1.82, 2.24) is 5.43 Å². The van der Waals surface area contributed by atoms with Crippen molar-refractivity contribution in [1.29, 1.82) is 0 Å². The molecule has 0 radical (unpaired) electrons. The molecule has 0 unspecified atom stereocenters. The van der Waals surface area contributed by atoms with Gasteiger partial charge in [-0.2, -0.15) is 0 Å². The van der Waals surface area contributed by atoms with E-state index in [1.807, 2.05) is 54.6 Å². The first-order valence-electron chi connectivity index (χ1n) is 7.90. The lowest BCUT2D eigenvalue weighted by molar-refractivity contribution is 0.302. The first-order valence-corrected chi connectivity index (χ1v) is 7.90. The minimum atomic E-state index is -0.653. The SMILES string of the molecule is Fc1cc(F)cc(OCc2cccc(CNNc3ccccc3)c2)c1. The zero-order chi connectivity index (χ0) is 17.5. The number of ether oxygens (including phenoxy) is 1. The van der Waals surface area contributed by atoms with Crippen LogP contribution in [0, 0.1) is 11.6 Å². The van der Waals surface area contributed by atoms with Gasteiger partial charge in [-0.1, -0.05) is 42.5 Å². The fraction of sp³-hybridized carbons (Fsp3) is 0.100. The third-order valence-corrected chi connectivity index (χ3v) is 3.53. The molecule has 0 amide bonds. The number of anilines is 1. The molecule has 0 saturated heterocycles. The third kappa shape index (κ3) is 5.29. The van der Waals surface area contributed by atoms with Crippen LogP contribution in [0.15, 0.2) is 72.8 Å². The summed E-state index contributed by atoms with van der Waals surface area (Å²) in [6, 6.07) is 20.8. The largest absolute Gasteiger partial charge is 0.489 e. The Morgan fingerprint density at radius 3 is 2.24 bits per heavy atom. The van der Waals surface area contributed by atoms with E-state index in [4.69, 9.17) is 4.74 Å². The molecular formula is C20H18F2N2O. The number of rotatable bonds is 7. The zero-order valence-electron chi connectivity index (χ0n) is 13.5. The lowest BCUT2D eigenvalue weighted by atomic mass is 10.1. The summed E-state index contributed by atoms with van der Waals surface area (Å²) in [5, 5.41) is 0. The van der Waals surface area contributed by atoms with E-state index in [2.05, 4.69) is 10.9 Å². The monoisotopic (exact) mass is 340 g/mol. The predicted octanol–water partition coefficient (Wildman–Crippen LogP) is 4.66. The van der Waals surface area contributed by atoms with Gasteiger partial charge in [0.05, 0.1) is 0 Å². The fourth-order valence-electron chi connectivity index (χ4n) is 2.38. The Labute approximate surface area is 145 Å². The Hall–Kier alpha value is -2.92. The molecule has 0 aliphatic heterocycles. The van der Waals surface area contributed by atoms with Crippen molar-refractivity contribution in [2.75, 3.05) is 5.43 Å². The molecule has 2 N–H and O–H groups in total. The molecule has 3 nitrogen and oxygen atoms in total. The van der Waals surface area contributed by atoms with Gasteiger partial charge in [-0.15, -0.1) is 0 Å². The van der Waals surface area contributed by atoms with Crippen molar-refractivity contribution in [2.45, 2.75) is 13.2 Å². The number of nitrogens with one attached hydrogen (secondary N) is 2. The third-order valence-electron chi connectivity index (χ3n) is 3.53. The summed E-state index contributed by atoms with van der Waals surface area (Å²) in [5.41, 5.74) is 9.23. The van der Waals surface area contributed by atoms with Gasteiger partial charge in [0, 0.05) is 30.4 Å². The molecule has 0 heterocycles. The van der Waals surface area contributed by atoms with Crippen molar-refractivity contribution < 1.29 is 13.5 Å². The van der Waals surface area contributed by atoms with Gasteiger partial charge in [0.25, 0.3) is 0 Å². The van der Waals surface area contributed by atoms with Gasteiger partial charge < -0.3 is 10.2 Å². The Kier molecular flexibility index (Phi) is 5.59. The van der Waals surface area contributed by atoms with Gasteiger partial charge in [0.15, 0.2) is 0 Å². The van der Waals surface area contributed by atoms with Crippen LogP contribution in [0.3, 0.4) is 0 Å². The second-order valence-electron chi connectivity index (χ2n) is 5.56. The highest BCUT2D eigenvalue weighted by molar-refractivity contribution is 5.41. The molecule has 0 saturated carbocycles. The average Bonchev–Trinajstić information content (AvgIpc) is 2.61. The number of hydrogen-bond donors (Lipinski definition) is 2. The van der Waals surface area contributed by atoms with Crippen molar-refractivity contribution >= 4 is 5.69 Å². The summed E-state index contributed by atoms with van der Waals surface area (Å²) in [6.07, 6.45) is 0. The van der Waals surface area contributed by atoms with Gasteiger partial charge in [0.2, 0.25) is 0 Å². The zero-order valence-corrected chi connectivity index (χ0v) is 13.5. The minimum absolute atomic E-state index is 0.173. The molecular weight excluding hydrogens is 322 g/mol. The molecule has 0 fully saturated rings. The molecule has 3 aromatic rings. The summed E-state index contributed by atoms with van der Waals surface area (Å²) in [5.74, 6) is -1.13. The van der Waals surface area contributed by atoms with Gasteiger partial charge in [-0.3, -0.25) is 0 Å². The van der Waals surface area contributed by atoms with Gasteiger partial charge >= 0.3 is 0 Å². The molecule has 0 aliphatic carbocycles. The van der Waals surface area contributed by atoms with Crippen LogP contribution in [-0.2, 0) is 13.2 Å². The van der Waals surface area contributed by atoms with Crippen LogP contribution in [0.4, 0.5) is 14.5 Å². The smallest absolute Gasteiger partial charge is 0.129 e. The molecule has 0 aliphatic rings. The maximum atomic E-state index is 13.2. The molecule has 5 heteroatoms. The standard InChI is InChI=1S/C20H18F2N2O/c21-17-10-18(22)12-20(11-17)25-14-16-6-4-5-15(9-16)13-23-24-19-7-2-1-3-8-19/h1-12,23-24H,13-14H2. The van der Waals surface area contributed by atoms with E-state index in [9.17, 15) is 8.78 Å². The van der Waals surface area contributed by atoms with Crippen molar-refractivity contribution in [2.24, 2.45) is 0 Å². The number of para-hydroxylation sites is 1. The van der Waals surface area contributed by atoms with E-state index < -0.39 is 11.6 Å². The van der Waals surface area contributed by atoms with Crippen molar-refractivity contribution in [3.8, 4) is 5.75 Å². The lowest BCUT2D eigenvalue weighted by Crippen LogP contribution is -2.20. The van der Waals surface area contributed by atoms with E-state index >= 15 is 0 Å². The number of hydrazine groups is 1. The molecule has 25 heavy (non-hydrogen) atoms. The van der Waals surface area contributed by atoms with E-state index in [0.29, 0.717) is 6.54 Å². The van der Waals surface area contributed by atoms with Crippen molar-refractivity contribution in [3.63, 3.8) is 0 Å². The Morgan fingerprint density at radius 2 is 1.48 bits per heavy atom. The first kappa shape index (κ1) is 16.9. The average molecular weight is 340 g/mol.